The molecule has 0 aromatic heterocycles. The minimum absolute atomic E-state index is 0.250. The summed E-state index contributed by atoms with van der Waals surface area (Å²) in [4.78, 5) is 22.3. The van der Waals surface area contributed by atoms with Crippen LogP contribution in [0.2, 0.25) is 10.0 Å². The lowest BCUT2D eigenvalue weighted by Gasteiger charge is -2.12. The van der Waals surface area contributed by atoms with E-state index in [9.17, 15) is 9.59 Å². The van der Waals surface area contributed by atoms with Gasteiger partial charge in [0.2, 0.25) is 0 Å². The molecule has 0 bridgehead atoms. The van der Waals surface area contributed by atoms with E-state index in [0.717, 1.165) is 5.56 Å². The van der Waals surface area contributed by atoms with E-state index < -0.39 is 17.9 Å². The predicted octanol–water partition coefficient (Wildman–Crippen LogP) is 3.53. The third kappa shape index (κ3) is 4.58. The summed E-state index contributed by atoms with van der Waals surface area (Å²) >= 11 is 12.0. The van der Waals surface area contributed by atoms with E-state index in [1.807, 2.05) is 0 Å². The van der Waals surface area contributed by atoms with Crippen LogP contribution < -0.4 is 10.6 Å². The van der Waals surface area contributed by atoms with Crippen LogP contribution in [-0.4, -0.2) is 23.7 Å². The molecule has 0 aliphatic heterocycles. The van der Waals surface area contributed by atoms with Crippen molar-refractivity contribution in [3.63, 3.8) is 0 Å². The number of anilines is 1. The Labute approximate surface area is 127 Å². The number of carboxylic acids is 1. The summed E-state index contributed by atoms with van der Waals surface area (Å²) in [7, 11) is 0. The molecular weight excluding hydrogens is 303 g/mol. The van der Waals surface area contributed by atoms with Crippen LogP contribution in [0.5, 0.6) is 0 Å². The highest BCUT2D eigenvalue weighted by Crippen LogP contribution is 2.32. The number of amides is 2. The number of aryl methyl sites for hydroxylation is 1. The summed E-state index contributed by atoms with van der Waals surface area (Å²) in [5.41, 5.74) is 1.14. The van der Waals surface area contributed by atoms with Gasteiger partial charge >= 0.3 is 12.0 Å². The van der Waals surface area contributed by atoms with Gasteiger partial charge in [0.15, 0.2) is 0 Å². The van der Waals surface area contributed by atoms with Gasteiger partial charge in [0.05, 0.1) is 21.7 Å². The Bertz CT molecular complexity index is 521. The topological polar surface area (TPSA) is 78.4 Å². The van der Waals surface area contributed by atoms with Gasteiger partial charge in [-0.25, -0.2) is 4.79 Å². The molecule has 5 nitrogen and oxygen atoms in total. The highest BCUT2D eigenvalue weighted by molar-refractivity contribution is 6.40. The van der Waals surface area contributed by atoms with Crippen molar-refractivity contribution in [2.24, 2.45) is 5.92 Å². The first-order chi connectivity index (χ1) is 9.32. The monoisotopic (exact) mass is 318 g/mol. The lowest BCUT2D eigenvalue weighted by molar-refractivity contribution is -0.141. The standard InChI is InChI=1S/C13H16Cl2N2O3/c1-7-3-4-9(14)11(10(7)15)17-13(20)16-6-5-8(2)12(18)19/h3-4,8H,5-6H2,1-2H3,(H,18,19)(H2,16,17,20). The molecule has 0 radical (unpaired) electrons. The molecule has 3 N–H and O–H groups in total. The fraction of sp³-hybridized carbons (Fsp3) is 0.385. The molecule has 1 atom stereocenters. The lowest BCUT2D eigenvalue weighted by Crippen LogP contribution is -2.31. The Kier molecular flexibility index (Phi) is 6.10. The van der Waals surface area contributed by atoms with Gasteiger partial charge in [-0.15, -0.1) is 0 Å². The molecule has 1 aromatic carbocycles. The first-order valence-electron chi connectivity index (χ1n) is 6.05. The van der Waals surface area contributed by atoms with Crippen molar-refractivity contribution >= 4 is 40.9 Å². The maximum absolute atomic E-state index is 11.7. The number of carbonyl (C=O) groups is 2. The summed E-state index contributed by atoms with van der Waals surface area (Å²) in [6.07, 6.45) is 0.345. The molecule has 20 heavy (non-hydrogen) atoms. The number of carboxylic acid groups (broad SMARTS) is 1. The van der Waals surface area contributed by atoms with Crippen molar-refractivity contribution in [3.05, 3.63) is 27.7 Å². The number of urea groups is 1. The van der Waals surface area contributed by atoms with Gasteiger partial charge in [0.25, 0.3) is 0 Å². The largest absolute Gasteiger partial charge is 0.481 e. The fourth-order valence-corrected chi connectivity index (χ4v) is 1.92. The fourth-order valence-electron chi connectivity index (χ4n) is 1.45. The van der Waals surface area contributed by atoms with Crippen molar-refractivity contribution in [1.82, 2.24) is 5.32 Å². The number of hydrogen-bond acceptors (Lipinski definition) is 2. The van der Waals surface area contributed by atoms with Crippen LogP contribution in [0, 0.1) is 12.8 Å². The van der Waals surface area contributed by atoms with E-state index in [-0.39, 0.29) is 6.54 Å². The molecule has 0 saturated carbocycles. The summed E-state index contributed by atoms with van der Waals surface area (Å²) in [5.74, 6) is -1.40. The summed E-state index contributed by atoms with van der Waals surface area (Å²) in [5, 5.41) is 14.6. The Morgan fingerprint density at radius 1 is 1.35 bits per heavy atom. The first-order valence-corrected chi connectivity index (χ1v) is 6.80. The number of aliphatic carboxylic acids is 1. The Balaban J connectivity index is 2.55. The zero-order valence-electron chi connectivity index (χ0n) is 11.2. The van der Waals surface area contributed by atoms with Gasteiger partial charge in [-0.2, -0.15) is 0 Å². The van der Waals surface area contributed by atoms with Gasteiger partial charge in [-0.05, 0) is 25.0 Å². The minimum atomic E-state index is -0.892. The van der Waals surface area contributed by atoms with Gasteiger partial charge < -0.3 is 15.7 Å². The van der Waals surface area contributed by atoms with Crippen molar-refractivity contribution in [2.45, 2.75) is 20.3 Å². The first kappa shape index (κ1) is 16.6. The summed E-state index contributed by atoms with van der Waals surface area (Å²) in [6.45, 7) is 3.63. The zero-order valence-corrected chi connectivity index (χ0v) is 12.7. The van der Waals surface area contributed by atoms with Crippen molar-refractivity contribution in [3.8, 4) is 0 Å². The van der Waals surface area contributed by atoms with Crippen LogP contribution in [0.3, 0.4) is 0 Å². The molecule has 0 aliphatic rings. The molecule has 1 rings (SSSR count). The van der Waals surface area contributed by atoms with E-state index in [4.69, 9.17) is 28.3 Å². The molecule has 2 amide bonds. The van der Waals surface area contributed by atoms with Crippen LogP contribution in [0.4, 0.5) is 10.5 Å². The average Bonchev–Trinajstić information content (AvgIpc) is 2.39. The second-order valence-electron chi connectivity index (χ2n) is 4.46. The summed E-state index contributed by atoms with van der Waals surface area (Å²) < 4.78 is 0. The quantitative estimate of drug-likeness (QED) is 0.777. The van der Waals surface area contributed by atoms with Gasteiger partial charge in [-0.3, -0.25) is 4.79 Å². The number of hydrogen-bond donors (Lipinski definition) is 3. The van der Waals surface area contributed by atoms with E-state index in [1.54, 1.807) is 26.0 Å². The van der Waals surface area contributed by atoms with Crippen LogP contribution in [0.25, 0.3) is 0 Å². The average molecular weight is 319 g/mol. The van der Waals surface area contributed by atoms with Crippen molar-refractivity contribution in [2.75, 3.05) is 11.9 Å². The SMILES string of the molecule is Cc1ccc(Cl)c(NC(=O)NCCC(C)C(=O)O)c1Cl. The third-order valence-electron chi connectivity index (χ3n) is 2.81. The predicted molar refractivity (Wildman–Crippen MR) is 79.6 cm³/mol. The number of rotatable bonds is 5. The summed E-state index contributed by atoms with van der Waals surface area (Å²) in [6, 6.07) is 2.92. The number of carbonyl (C=O) groups excluding carboxylic acids is 1. The van der Waals surface area contributed by atoms with Crippen LogP contribution in [0.15, 0.2) is 12.1 Å². The molecule has 0 fully saturated rings. The van der Waals surface area contributed by atoms with Crippen molar-refractivity contribution in [1.29, 1.82) is 0 Å². The number of nitrogens with one attached hydrogen (secondary N) is 2. The molecule has 1 aromatic rings. The Morgan fingerprint density at radius 3 is 2.60 bits per heavy atom. The van der Waals surface area contributed by atoms with E-state index in [2.05, 4.69) is 10.6 Å². The molecular formula is C13H16Cl2N2O3. The Hall–Kier alpha value is -1.46. The smallest absolute Gasteiger partial charge is 0.319 e. The molecule has 0 heterocycles. The molecule has 1 unspecified atom stereocenters. The minimum Gasteiger partial charge on any atom is -0.481 e. The second-order valence-corrected chi connectivity index (χ2v) is 5.25. The molecule has 0 saturated heterocycles. The number of halogens is 2. The second kappa shape index (κ2) is 7.36. The van der Waals surface area contributed by atoms with Crippen LogP contribution >= 0.6 is 23.2 Å². The normalized spacial score (nSPS) is 11.8. The highest BCUT2D eigenvalue weighted by atomic mass is 35.5. The molecule has 110 valence electrons. The van der Waals surface area contributed by atoms with E-state index in [1.165, 1.54) is 0 Å². The zero-order chi connectivity index (χ0) is 15.3. The lowest BCUT2D eigenvalue weighted by atomic mass is 10.1. The van der Waals surface area contributed by atoms with Crippen LogP contribution in [0.1, 0.15) is 18.9 Å². The maximum atomic E-state index is 11.7. The maximum Gasteiger partial charge on any atom is 0.319 e. The molecule has 7 heteroatoms. The van der Waals surface area contributed by atoms with Crippen molar-refractivity contribution < 1.29 is 14.7 Å². The van der Waals surface area contributed by atoms with E-state index >= 15 is 0 Å². The van der Waals surface area contributed by atoms with Gasteiger partial charge in [0, 0.05) is 6.54 Å². The van der Waals surface area contributed by atoms with Gasteiger partial charge in [0.1, 0.15) is 0 Å². The van der Waals surface area contributed by atoms with Crippen LogP contribution in [-0.2, 0) is 4.79 Å². The van der Waals surface area contributed by atoms with Gasteiger partial charge in [-0.1, -0.05) is 36.2 Å². The molecule has 0 aliphatic carbocycles. The van der Waals surface area contributed by atoms with E-state index in [0.29, 0.717) is 22.2 Å². The number of benzene rings is 1. The highest BCUT2D eigenvalue weighted by Gasteiger charge is 2.13. The molecule has 0 spiro atoms. The third-order valence-corrected chi connectivity index (χ3v) is 3.61. The Morgan fingerprint density at radius 2 is 2.00 bits per heavy atom.